The monoisotopic (exact) mass is 294 g/mol. The van der Waals surface area contributed by atoms with Crippen LogP contribution >= 0.6 is 12.2 Å². The molecular formula is C15H22N2O2S. The normalized spacial score (nSPS) is 20.6. The van der Waals surface area contributed by atoms with Gasteiger partial charge in [0.05, 0.1) is 19.3 Å². The molecule has 1 aliphatic rings. The van der Waals surface area contributed by atoms with E-state index in [0.29, 0.717) is 18.1 Å². The van der Waals surface area contributed by atoms with Crippen molar-refractivity contribution in [2.24, 2.45) is 5.73 Å². The summed E-state index contributed by atoms with van der Waals surface area (Å²) < 4.78 is 5.49. The summed E-state index contributed by atoms with van der Waals surface area (Å²) in [6, 6.07) is 7.47. The Balaban J connectivity index is 2.03. The van der Waals surface area contributed by atoms with E-state index in [9.17, 15) is 5.11 Å². The Labute approximate surface area is 125 Å². The highest BCUT2D eigenvalue weighted by Crippen LogP contribution is 2.23. The first kappa shape index (κ1) is 15.4. The van der Waals surface area contributed by atoms with Gasteiger partial charge in [-0.3, -0.25) is 4.90 Å². The van der Waals surface area contributed by atoms with Gasteiger partial charge in [-0.15, -0.1) is 0 Å². The van der Waals surface area contributed by atoms with E-state index in [1.165, 1.54) is 0 Å². The third kappa shape index (κ3) is 3.55. The maximum absolute atomic E-state index is 10.4. The Hall–Kier alpha value is -1.01. The number of hydrogen-bond donors (Lipinski definition) is 2. The van der Waals surface area contributed by atoms with Crippen LogP contribution in [0.25, 0.3) is 0 Å². The lowest BCUT2D eigenvalue weighted by atomic mass is 10.00. The molecule has 0 spiro atoms. The lowest BCUT2D eigenvalue weighted by Crippen LogP contribution is -2.54. The average molecular weight is 294 g/mol. The van der Waals surface area contributed by atoms with E-state index in [1.807, 2.05) is 24.3 Å². The molecule has 1 aromatic carbocycles. The fourth-order valence-electron chi connectivity index (χ4n) is 2.41. The van der Waals surface area contributed by atoms with Crippen LogP contribution in [0, 0.1) is 0 Å². The van der Waals surface area contributed by atoms with Crippen molar-refractivity contribution >= 4 is 17.2 Å². The number of ether oxygens (including phenoxy) is 1. The first-order valence-electron chi connectivity index (χ1n) is 6.81. The average Bonchev–Trinajstić information content (AvgIpc) is 2.41. The van der Waals surface area contributed by atoms with Gasteiger partial charge in [0.2, 0.25) is 0 Å². The van der Waals surface area contributed by atoms with Gasteiger partial charge in [0.25, 0.3) is 0 Å². The first-order valence-corrected chi connectivity index (χ1v) is 7.21. The molecule has 0 saturated carbocycles. The molecule has 0 bridgehead atoms. The Morgan fingerprint density at radius 3 is 2.65 bits per heavy atom. The van der Waals surface area contributed by atoms with Crippen molar-refractivity contribution in [3.63, 3.8) is 0 Å². The molecule has 1 unspecified atom stereocenters. The topological polar surface area (TPSA) is 58.7 Å². The van der Waals surface area contributed by atoms with Crippen molar-refractivity contribution in [3.8, 4) is 0 Å². The van der Waals surface area contributed by atoms with Crippen LogP contribution in [-0.4, -0.2) is 46.8 Å². The molecule has 1 atom stereocenters. The minimum atomic E-state index is -0.521. The Kier molecular flexibility index (Phi) is 4.75. The maximum atomic E-state index is 10.4. The highest BCUT2D eigenvalue weighted by molar-refractivity contribution is 7.80. The fourth-order valence-corrected chi connectivity index (χ4v) is 2.55. The van der Waals surface area contributed by atoms with Gasteiger partial charge in [-0.1, -0.05) is 36.5 Å². The second-order valence-corrected chi connectivity index (χ2v) is 6.25. The molecule has 1 saturated heterocycles. The van der Waals surface area contributed by atoms with Crippen molar-refractivity contribution < 1.29 is 9.84 Å². The van der Waals surface area contributed by atoms with E-state index in [4.69, 9.17) is 22.7 Å². The van der Waals surface area contributed by atoms with Gasteiger partial charge < -0.3 is 15.6 Å². The lowest BCUT2D eigenvalue weighted by molar-refractivity contribution is -0.0667. The number of β-amino-alcohol motifs (C(OH)–C–C–N with tert-alkyl or cyclic N) is 1. The molecule has 1 fully saturated rings. The molecule has 0 radical (unpaired) electrons. The van der Waals surface area contributed by atoms with Crippen LogP contribution in [0.2, 0.25) is 0 Å². The molecular weight excluding hydrogens is 272 g/mol. The molecule has 0 aromatic heterocycles. The van der Waals surface area contributed by atoms with E-state index < -0.39 is 6.10 Å². The summed E-state index contributed by atoms with van der Waals surface area (Å²) in [5.74, 6) is 0. The lowest BCUT2D eigenvalue weighted by Gasteiger charge is -2.43. The zero-order valence-electron chi connectivity index (χ0n) is 12.0. The third-order valence-corrected chi connectivity index (χ3v) is 4.03. The SMILES string of the molecule is CC1(C)COCCN1CC(O)c1ccc(C(N)=S)cc1. The number of rotatable bonds is 4. The summed E-state index contributed by atoms with van der Waals surface area (Å²) >= 11 is 4.93. The second kappa shape index (κ2) is 6.18. The van der Waals surface area contributed by atoms with Crippen LogP contribution in [0.5, 0.6) is 0 Å². The van der Waals surface area contributed by atoms with Crippen LogP contribution in [0.15, 0.2) is 24.3 Å². The Bertz CT molecular complexity index is 473. The van der Waals surface area contributed by atoms with Crippen LogP contribution in [-0.2, 0) is 4.74 Å². The van der Waals surface area contributed by atoms with E-state index >= 15 is 0 Å². The van der Waals surface area contributed by atoms with E-state index in [1.54, 1.807) is 0 Å². The summed E-state index contributed by atoms with van der Waals surface area (Å²) in [4.78, 5) is 2.64. The number of nitrogens with zero attached hydrogens (tertiary/aromatic N) is 1. The quantitative estimate of drug-likeness (QED) is 0.824. The number of nitrogens with two attached hydrogens (primary N) is 1. The molecule has 110 valence electrons. The van der Waals surface area contributed by atoms with Crippen molar-refractivity contribution in [2.75, 3.05) is 26.3 Å². The molecule has 3 N–H and O–H groups in total. The van der Waals surface area contributed by atoms with Gasteiger partial charge in [0.1, 0.15) is 4.99 Å². The molecule has 1 aliphatic heterocycles. The molecule has 5 heteroatoms. The number of morpholine rings is 1. The Morgan fingerprint density at radius 1 is 1.45 bits per heavy atom. The minimum absolute atomic E-state index is 0.0437. The van der Waals surface area contributed by atoms with Crippen LogP contribution < -0.4 is 5.73 Å². The van der Waals surface area contributed by atoms with Crippen molar-refractivity contribution in [1.29, 1.82) is 0 Å². The summed E-state index contributed by atoms with van der Waals surface area (Å²) in [6.45, 7) is 7.12. The molecule has 2 rings (SSSR count). The summed E-state index contributed by atoms with van der Waals surface area (Å²) in [6.07, 6.45) is -0.521. The predicted octanol–water partition coefficient (Wildman–Crippen LogP) is 1.47. The number of benzene rings is 1. The number of hydrogen-bond acceptors (Lipinski definition) is 4. The summed E-state index contributed by atoms with van der Waals surface area (Å²) in [5, 5.41) is 10.4. The molecule has 4 nitrogen and oxygen atoms in total. The van der Waals surface area contributed by atoms with Crippen LogP contribution in [0.4, 0.5) is 0 Å². The third-order valence-electron chi connectivity index (χ3n) is 3.79. The zero-order valence-corrected chi connectivity index (χ0v) is 12.8. The number of thiocarbonyl (C=S) groups is 1. The summed E-state index contributed by atoms with van der Waals surface area (Å²) in [7, 11) is 0. The zero-order chi connectivity index (χ0) is 14.8. The van der Waals surface area contributed by atoms with E-state index in [-0.39, 0.29) is 5.54 Å². The van der Waals surface area contributed by atoms with E-state index in [2.05, 4.69) is 18.7 Å². The van der Waals surface area contributed by atoms with Gasteiger partial charge in [-0.25, -0.2) is 0 Å². The standard InChI is InChI=1S/C15H22N2O2S/c1-15(2)10-19-8-7-17(15)9-13(18)11-3-5-12(6-4-11)14(16)20/h3-6,13,18H,7-10H2,1-2H3,(H2,16,20). The smallest absolute Gasteiger partial charge is 0.103 e. The number of aliphatic hydroxyl groups excluding tert-OH is 1. The Morgan fingerprint density at radius 2 is 2.10 bits per heavy atom. The van der Waals surface area contributed by atoms with Crippen LogP contribution in [0.1, 0.15) is 31.1 Å². The fraction of sp³-hybridized carbons (Fsp3) is 0.533. The van der Waals surface area contributed by atoms with Gasteiger partial charge >= 0.3 is 0 Å². The van der Waals surface area contributed by atoms with Crippen molar-refractivity contribution in [1.82, 2.24) is 4.90 Å². The largest absolute Gasteiger partial charge is 0.389 e. The van der Waals surface area contributed by atoms with Crippen molar-refractivity contribution in [2.45, 2.75) is 25.5 Å². The molecule has 0 aliphatic carbocycles. The second-order valence-electron chi connectivity index (χ2n) is 5.81. The highest BCUT2D eigenvalue weighted by Gasteiger charge is 2.31. The summed E-state index contributed by atoms with van der Waals surface area (Å²) in [5.41, 5.74) is 7.23. The predicted molar refractivity (Wildman–Crippen MR) is 83.8 cm³/mol. The van der Waals surface area contributed by atoms with Crippen molar-refractivity contribution in [3.05, 3.63) is 35.4 Å². The highest BCUT2D eigenvalue weighted by atomic mass is 32.1. The molecule has 1 aromatic rings. The number of aliphatic hydroxyl groups is 1. The van der Waals surface area contributed by atoms with Gasteiger partial charge in [0.15, 0.2) is 0 Å². The van der Waals surface area contributed by atoms with E-state index in [0.717, 1.165) is 24.3 Å². The van der Waals surface area contributed by atoms with Gasteiger partial charge in [-0.05, 0) is 19.4 Å². The molecule has 20 heavy (non-hydrogen) atoms. The van der Waals surface area contributed by atoms with Crippen LogP contribution in [0.3, 0.4) is 0 Å². The molecule has 0 amide bonds. The maximum Gasteiger partial charge on any atom is 0.103 e. The first-order chi connectivity index (χ1) is 9.40. The minimum Gasteiger partial charge on any atom is -0.389 e. The van der Waals surface area contributed by atoms with Gasteiger partial charge in [0, 0.05) is 24.2 Å². The molecule has 1 heterocycles. The van der Waals surface area contributed by atoms with Gasteiger partial charge in [-0.2, -0.15) is 0 Å².